The van der Waals surface area contributed by atoms with Crippen molar-refractivity contribution < 1.29 is 22.4 Å². The summed E-state index contributed by atoms with van der Waals surface area (Å²) in [5, 5.41) is 6.73. The van der Waals surface area contributed by atoms with Gasteiger partial charge in [-0.15, -0.1) is 0 Å². The van der Waals surface area contributed by atoms with Crippen molar-refractivity contribution in [2.45, 2.75) is 36.6 Å². The van der Waals surface area contributed by atoms with Crippen molar-refractivity contribution in [2.75, 3.05) is 11.6 Å². The molecule has 2 amide bonds. The second-order valence-corrected chi connectivity index (χ2v) is 11.7. The van der Waals surface area contributed by atoms with Crippen LogP contribution in [0.15, 0.2) is 77.7 Å². The number of anilines is 1. The van der Waals surface area contributed by atoms with Gasteiger partial charge in [0.2, 0.25) is 0 Å². The predicted molar refractivity (Wildman–Crippen MR) is 143 cm³/mol. The van der Waals surface area contributed by atoms with Crippen molar-refractivity contribution in [2.24, 2.45) is 0 Å². The molecule has 0 bridgehead atoms. The summed E-state index contributed by atoms with van der Waals surface area (Å²) in [5.74, 6) is -1.81. The minimum absolute atomic E-state index is 0.122. The summed E-state index contributed by atoms with van der Waals surface area (Å²) >= 11 is 0. The second kappa shape index (κ2) is 9.64. The lowest BCUT2D eigenvalue weighted by Crippen LogP contribution is -2.51. The van der Waals surface area contributed by atoms with Crippen LogP contribution in [0.1, 0.15) is 51.2 Å². The number of amides is 2. The van der Waals surface area contributed by atoms with E-state index in [2.05, 4.69) is 15.6 Å². The standard InChI is InChI=1S/C29H26FN3O4S/c1-18-4-12-25-19(16-18)5-13-26(32-25)28(35)31-21-8-6-20(7-9-21)29(14-3-15-29)33-27(34)23-17-22(38(2,36)37)10-11-24(23)30/h4-13,16-17H,3,14-15H2,1-2H3,(H,31,35)(H,33,34). The van der Waals surface area contributed by atoms with Gasteiger partial charge < -0.3 is 10.6 Å². The van der Waals surface area contributed by atoms with Gasteiger partial charge in [-0.25, -0.2) is 17.8 Å². The third kappa shape index (κ3) is 5.02. The Labute approximate surface area is 220 Å². The number of carbonyl (C=O) groups excluding carboxylic acids is 2. The number of rotatable bonds is 6. The predicted octanol–water partition coefficient (Wildman–Crippen LogP) is 5.15. The van der Waals surface area contributed by atoms with Crippen LogP contribution in [0.5, 0.6) is 0 Å². The molecule has 1 aromatic heterocycles. The normalized spacial score (nSPS) is 14.5. The Bertz CT molecular complexity index is 1680. The lowest BCUT2D eigenvalue weighted by molar-refractivity contribution is 0.0818. The Hall–Kier alpha value is -4.11. The monoisotopic (exact) mass is 531 g/mol. The van der Waals surface area contributed by atoms with Crippen LogP contribution < -0.4 is 10.6 Å². The van der Waals surface area contributed by atoms with Gasteiger partial charge in [-0.05, 0) is 80.3 Å². The highest BCUT2D eigenvalue weighted by atomic mass is 32.2. The highest BCUT2D eigenvalue weighted by Crippen LogP contribution is 2.42. The maximum absolute atomic E-state index is 14.4. The molecule has 194 valence electrons. The summed E-state index contributed by atoms with van der Waals surface area (Å²) in [6.07, 6.45) is 3.18. The summed E-state index contributed by atoms with van der Waals surface area (Å²) in [4.78, 5) is 30.1. The number of hydrogen-bond acceptors (Lipinski definition) is 5. The average molecular weight is 532 g/mol. The molecule has 7 nitrogen and oxygen atoms in total. The first-order chi connectivity index (χ1) is 18.0. The van der Waals surface area contributed by atoms with Crippen molar-refractivity contribution in [1.82, 2.24) is 10.3 Å². The second-order valence-electron chi connectivity index (χ2n) is 9.73. The van der Waals surface area contributed by atoms with Crippen LogP contribution in [0, 0.1) is 12.7 Å². The molecule has 0 radical (unpaired) electrons. The van der Waals surface area contributed by atoms with E-state index in [4.69, 9.17) is 0 Å². The molecule has 9 heteroatoms. The lowest BCUT2D eigenvalue weighted by Gasteiger charge is -2.43. The van der Waals surface area contributed by atoms with Gasteiger partial charge in [-0.1, -0.05) is 29.8 Å². The summed E-state index contributed by atoms with van der Waals surface area (Å²) < 4.78 is 38.2. The highest BCUT2D eigenvalue weighted by molar-refractivity contribution is 7.90. The molecule has 2 N–H and O–H groups in total. The number of aryl methyl sites for hydroxylation is 1. The fraction of sp³-hybridized carbons (Fsp3) is 0.207. The number of aromatic nitrogens is 1. The number of carbonyl (C=O) groups is 2. The number of halogens is 1. The number of hydrogen-bond donors (Lipinski definition) is 2. The number of pyridine rings is 1. The van der Waals surface area contributed by atoms with E-state index in [1.165, 1.54) is 0 Å². The first-order valence-corrected chi connectivity index (χ1v) is 14.0. The van der Waals surface area contributed by atoms with Crippen molar-refractivity contribution in [1.29, 1.82) is 0 Å². The third-order valence-corrected chi connectivity index (χ3v) is 8.05. The fourth-order valence-electron chi connectivity index (χ4n) is 4.65. The van der Waals surface area contributed by atoms with Crippen molar-refractivity contribution in [3.05, 3.63) is 101 Å². The van der Waals surface area contributed by atoms with Crippen LogP contribution in [0.2, 0.25) is 0 Å². The third-order valence-electron chi connectivity index (χ3n) is 6.94. The molecule has 5 rings (SSSR count). The van der Waals surface area contributed by atoms with Gasteiger partial charge in [0.1, 0.15) is 11.5 Å². The minimum atomic E-state index is -3.60. The molecule has 1 aliphatic carbocycles. The van der Waals surface area contributed by atoms with Crippen LogP contribution in [-0.4, -0.2) is 31.5 Å². The van der Waals surface area contributed by atoms with E-state index >= 15 is 0 Å². The average Bonchev–Trinajstić information content (AvgIpc) is 2.86. The molecule has 38 heavy (non-hydrogen) atoms. The molecule has 1 fully saturated rings. The molecule has 0 saturated heterocycles. The Kier molecular flexibility index (Phi) is 6.48. The number of sulfone groups is 1. The molecule has 0 unspecified atom stereocenters. The molecule has 4 aromatic rings. The zero-order valence-electron chi connectivity index (χ0n) is 20.9. The van der Waals surface area contributed by atoms with Crippen LogP contribution in [0.4, 0.5) is 10.1 Å². The van der Waals surface area contributed by atoms with Gasteiger partial charge in [0.15, 0.2) is 9.84 Å². The summed E-state index contributed by atoms with van der Waals surface area (Å²) in [7, 11) is -3.60. The zero-order chi connectivity index (χ0) is 27.1. The molecule has 0 spiro atoms. The van der Waals surface area contributed by atoms with E-state index in [9.17, 15) is 22.4 Å². The molecule has 0 aliphatic heterocycles. The molecule has 3 aromatic carbocycles. The quantitative estimate of drug-likeness (QED) is 0.335. The van der Waals surface area contributed by atoms with E-state index in [1.807, 2.05) is 43.3 Å². The van der Waals surface area contributed by atoms with Gasteiger partial charge in [-0.2, -0.15) is 0 Å². The van der Waals surface area contributed by atoms with Crippen molar-refractivity contribution in [3.8, 4) is 0 Å². The number of fused-ring (bicyclic) bond motifs is 1. The van der Waals surface area contributed by atoms with E-state index in [0.717, 1.165) is 52.9 Å². The molecule has 0 atom stereocenters. The van der Waals surface area contributed by atoms with E-state index in [0.29, 0.717) is 24.2 Å². The molecule has 1 heterocycles. The minimum Gasteiger partial charge on any atom is -0.342 e. The topological polar surface area (TPSA) is 105 Å². The zero-order valence-corrected chi connectivity index (χ0v) is 21.7. The number of benzene rings is 3. The summed E-state index contributed by atoms with van der Waals surface area (Å²) in [6, 6.07) is 19.7. The van der Waals surface area contributed by atoms with Gasteiger partial charge in [0.25, 0.3) is 11.8 Å². The van der Waals surface area contributed by atoms with Gasteiger partial charge >= 0.3 is 0 Å². The Morgan fingerprint density at radius 3 is 2.32 bits per heavy atom. The van der Waals surface area contributed by atoms with Gasteiger partial charge in [0, 0.05) is 17.3 Å². The smallest absolute Gasteiger partial charge is 0.274 e. The highest BCUT2D eigenvalue weighted by Gasteiger charge is 2.40. The first-order valence-electron chi connectivity index (χ1n) is 12.2. The largest absolute Gasteiger partial charge is 0.342 e. The fourth-order valence-corrected chi connectivity index (χ4v) is 5.30. The van der Waals surface area contributed by atoms with Gasteiger partial charge in [0.05, 0.1) is 21.5 Å². The van der Waals surface area contributed by atoms with Crippen LogP contribution in [-0.2, 0) is 15.4 Å². The number of nitrogens with zero attached hydrogens (tertiary/aromatic N) is 1. The van der Waals surface area contributed by atoms with E-state index in [1.54, 1.807) is 18.2 Å². The Balaban J connectivity index is 1.32. The maximum Gasteiger partial charge on any atom is 0.274 e. The molecular formula is C29H26FN3O4S. The van der Waals surface area contributed by atoms with E-state index in [-0.39, 0.29) is 16.4 Å². The Morgan fingerprint density at radius 1 is 0.921 bits per heavy atom. The summed E-state index contributed by atoms with van der Waals surface area (Å²) in [6.45, 7) is 2.00. The molecule has 1 saturated carbocycles. The van der Waals surface area contributed by atoms with Crippen molar-refractivity contribution in [3.63, 3.8) is 0 Å². The van der Waals surface area contributed by atoms with Crippen LogP contribution in [0.3, 0.4) is 0 Å². The van der Waals surface area contributed by atoms with Crippen LogP contribution >= 0.6 is 0 Å². The molecule has 1 aliphatic rings. The SMILES string of the molecule is Cc1ccc2nc(C(=O)Nc3ccc(C4(NC(=O)c5cc(S(C)(=O)=O)ccc5F)CCC4)cc3)ccc2c1. The number of nitrogens with one attached hydrogen (secondary N) is 2. The Morgan fingerprint density at radius 2 is 1.66 bits per heavy atom. The lowest BCUT2D eigenvalue weighted by atomic mass is 9.71. The molecular weight excluding hydrogens is 505 g/mol. The first kappa shape index (κ1) is 25.5. The summed E-state index contributed by atoms with van der Waals surface area (Å²) in [5.41, 5.74) is 2.51. The van der Waals surface area contributed by atoms with Gasteiger partial charge in [-0.3, -0.25) is 9.59 Å². The van der Waals surface area contributed by atoms with Crippen molar-refractivity contribution >= 4 is 38.2 Å². The van der Waals surface area contributed by atoms with E-state index < -0.39 is 27.1 Å². The van der Waals surface area contributed by atoms with Crippen LogP contribution in [0.25, 0.3) is 10.9 Å². The maximum atomic E-state index is 14.4.